The molecule has 6 heteroatoms. The normalized spacial score (nSPS) is 16.3. The van der Waals surface area contributed by atoms with Gasteiger partial charge in [-0.15, -0.1) is 0 Å². The second-order valence-electron chi connectivity index (χ2n) is 6.09. The van der Waals surface area contributed by atoms with Crippen LogP contribution >= 0.6 is 0 Å². The topological polar surface area (TPSA) is 74.8 Å². The lowest BCUT2D eigenvalue weighted by atomic mass is 9.85. The van der Waals surface area contributed by atoms with E-state index in [4.69, 9.17) is 4.74 Å². The van der Waals surface area contributed by atoms with E-state index in [9.17, 15) is 4.79 Å². The van der Waals surface area contributed by atoms with Crippen LogP contribution in [0.3, 0.4) is 0 Å². The van der Waals surface area contributed by atoms with Crippen LogP contribution in [-0.2, 0) is 9.53 Å². The summed E-state index contributed by atoms with van der Waals surface area (Å²) in [6.45, 7) is 6.20. The van der Waals surface area contributed by atoms with Gasteiger partial charge in [-0.05, 0) is 33.1 Å². The van der Waals surface area contributed by atoms with E-state index in [1.54, 1.807) is 14.2 Å². The summed E-state index contributed by atoms with van der Waals surface area (Å²) in [5.41, 5.74) is -0.228. The lowest BCUT2D eigenvalue weighted by molar-refractivity contribution is -0.127. The van der Waals surface area contributed by atoms with Crippen LogP contribution in [0.1, 0.15) is 39.5 Å². The number of amides is 1. The molecule has 0 aromatic rings. The molecule has 1 aliphatic carbocycles. The Kier molecular flexibility index (Phi) is 7.50. The van der Waals surface area contributed by atoms with Crippen LogP contribution in [0.25, 0.3) is 0 Å². The van der Waals surface area contributed by atoms with Crippen molar-refractivity contribution in [1.29, 1.82) is 0 Å². The number of aliphatic imine (C=N–C) groups is 1. The molecule has 0 radical (unpaired) electrons. The summed E-state index contributed by atoms with van der Waals surface area (Å²) < 4.78 is 5.35. The fourth-order valence-corrected chi connectivity index (χ4v) is 1.91. The first kappa shape index (κ1) is 17.8. The van der Waals surface area contributed by atoms with E-state index in [-0.39, 0.29) is 17.4 Å². The second-order valence-corrected chi connectivity index (χ2v) is 6.09. The summed E-state index contributed by atoms with van der Waals surface area (Å²) in [6, 6.07) is 0. The smallest absolute Gasteiger partial charge is 0.223 e. The molecular weight excluding hydrogens is 268 g/mol. The predicted molar refractivity (Wildman–Crippen MR) is 85.4 cm³/mol. The van der Waals surface area contributed by atoms with Gasteiger partial charge in [-0.1, -0.05) is 6.42 Å². The zero-order chi connectivity index (χ0) is 15.7. The van der Waals surface area contributed by atoms with Crippen molar-refractivity contribution in [2.45, 2.75) is 45.1 Å². The molecule has 0 saturated heterocycles. The van der Waals surface area contributed by atoms with E-state index in [0.29, 0.717) is 13.1 Å². The number of ether oxygens (including phenoxy) is 1. The van der Waals surface area contributed by atoms with Crippen LogP contribution in [0.4, 0.5) is 0 Å². The number of nitrogens with one attached hydrogen (secondary N) is 3. The number of hydrogen-bond acceptors (Lipinski definition) is 3. The Morgan fingerprint density at radius 1 is 1.24 bits per heavy atom. The number of carbonyl (C=O) groups is 1. The zero-order valence-electron chi connectivity index (χ0n) is 13.8. The van der Waals surface area contributed by atoms with Gasteiger partial charge < -0.3 is 20.7 Å². The Hall–Kier alpha value is -1.30. The van der Waals surface area contributed by atoms with Crippen molar-refractivity contribution in [2.75, 3.05) is 33.8 Å². The van der Waals surface area contributed by atoms with Gasteiger partial charge in [0.25, 0.3) is 0 Å². The van der Waals surface area contributed by atoms with Gasteiger partial charge in [0.2, 0.25) is 5.91 Å². The van der Waals surface area contributed by atoms with Gasteiger partial charge in [0.1, 0.15) is 0 Å². The van der Waals surface area contributed by atoms with E-state index in [1.165, 1.54) is 6.42 Å². The summed E-state index contributed by atoms with van der Waals surface area (Å²) >= 11 is 0. The van der Waals surface area contributed by atoms with Gasteiger partial charge in [0.05, 0.1) is 5.60 Å². The van der Waals surface area contributed by atoms with Crippen LogP contribution < -0.4 is 16.0 Å². The van der Waals surface area contributed by atoms with Gasteiger partial charge in [-0.3, -0.25) is 9.79 Å². The van der Waals surface area contributed by atoms with Crippen LogP contribution in [0.2, 0.25) is 0 Å². The molecule has 1 saturated carbocycles. The average molecular weight is 298 g/mol. The van der Waals surface area contributed by atoms with Gasteiger partial charge in [0, 0.05) is 39.7 Å². The quantitative estimate of drug-likeness (QED) is 0.353. The number of hydrogen-bond donors (Lipinski definition) is 3. The molecule has 1 rings (SSSR count). The van der Waals surface area contributed by atoms with Crippen molar-refractivity contribution < 1.29 is 9.53 Å². The molecule has 6 nitrogen and oxygen atoms in total. The van der Waals surface area contributed by atoms with E-state index in [2.05, 4.69) is 20.9 Å². The molecule has 0 aromatic heterocycles. The molecule has 1 fully saturated rings. The minimum Gasteiger partial charge on any atom is -0.377 e. The molecule has 0 atom stereocenters. The molecule has 0 aromatic carbocycles. The van der Waals surface area contributed by atoms with Crippen LogP contribution in [0, 0.1) is 5.92 Å². The summed E-state index contributed by atoms with van der Waals surface area (Å²) in [6.07, 6.45) is 4.18. The number of nitrogens with zero attached hydrogens (tertiary/aromatic N) is 1. The summed E-state index contributed by atoms with van der Waals surface area (Å²) in [5, 5.41) is 9.43. The molecule has 0 unspecified atom stereocenters. The van der Waals surface area contributed by atoms with Crippen LogP contribution in [0.15, 0.2) is 4.99 Å². The third-order valence-electron chi connectivity index (χ3n) is 3.88. The van der Waals surface area contributed by atoms with Crippen molar-refractivity contribution in [3.05, 3.63) is 0 Å². The molecule has 0 aliphatic heterocycles. The van der Waals surface area contributed by atoms with Gasteiger partial charge >= 0.3 is 0 Å². The van der Waals surface area contributed by atoms with E-state index in [0.717, 1.165) is 31.8 Å². The molecule has 0 spiro atoms. The molecule has 1 amide bonds. The molecule has 3 N–H and O–H groups in total. The van der Waals surface area contributed by atoms with E-state index >= 15 is 0 Å². The molecule has 1 aliphatic rings. The maximum Gasteiger partial charge on any atom is 0.223 e. The summed E-state index contributed by atoms with van der Waals surface area (Å²) in [4.78, 5) is 15.8. The number of guanidine groups is 1. The summed E-state index contributed by atoms with van der Waals surface area (Å²) in [5.74, 6) is 1.24. The maximum atomic E-state index is 11.6. The molecular formula is C15H30N4O2. The number of methoxy groups -OCH3 is 1. The molecule has 0 heterocycles. The fourth-order valence-electron chi connectivity index (χ4n) is 1.91. The van der Waals surface area contributed by atoms with Crippen molar-refractivity contribution >= 4 is 11.9 Å². The number of rotatable bonds is 8. The second kappa shape index (κ2) is 8.87. The largest absolute Gasteiger partial charge is 0.377 e. The Balaban J connectivity index is 2.08. The standard InChI is InChI=1S/C15H30N4O2/c1-15(2,21-4)11-19-14(16-3)18-10-6-9-17-13(20)12-7-5-8-12/h12H,5-11H2,1-4H3,(H,17,20)(H2,16,18,19). The monoisotopic (exact) mass is 298 g/mol. The predicted octanol–water partition coefficient (Wildman–Crippen LogP) is 0.883. The molecule has 122 valence electrons. The minimum absolute atomic E-state index is 0.214. The third-order valence-corrected chi connectivity index (χ3v) is 3.88. The first-order chi connectivity index (χ1) is 9.98. The lowest BCUT2D eigenvalue weighted by Gasteiger charge is -2.25. The maximum absolute atomic E-state index is 11.6. The highest BCUT2D eigenvalue weighted by molar-refractivity contribution is 5.80. The van der Waals surface area contributed by atoms with Crippen LogP contribution in [0.5, 0.6) is 0 Å². The van der Waals surface area contributed by atoms with E-state index in [1.807, 2.05) is 13.8 Å². The SMILES string of the molecule is CN=C(NCCCNC(=O)C1CCC1)NCC(C)(C)OC. The zero-order valence-corrected chi connectivity index (χ0v) is 13.8. The van der Waals surface area contributed by atoms with Crippen LogP contribution in [-0.4, -0.2) is 51.3 Å². The third kappa shape index (κ3) is 6.80. The molecule has 21 heavy (non-hydrogen) atoms. The number of carbonyl (C=O) groups excluding carboxylic acids is 1. The van der Waals surface area contributed by atoms with Gasteiger partial charge in [0.15, 0.2) is 5.96 Å². The Bertz CT molecular complexity index is 352. The van der Waals surface area contributed by atoms with Gasteiger partial charge in [-0.25, -0.2) is 0 Å². The van der Waals surface area contributed by atoms with Crippen molar-refractivity contribution in [1.82, 2.24) is 16.0 Å². The molecule has 0 bridgehead atoms. The summed E-state index contributed by atoms with van der Waals surface area (Å²) in [7, 11) is 3.44. The first-order valence-electron chi connectivity index (χ1n) is 7.76. The lowest BCUT2D eigenvalue weighted by Crippen LogP contribution is -2.45. The average Bonchev–Trinajstić information content (AvgIpc) is 2.40. The minimum atomic E-state index is -0.228. The van der Waals surface area contributed by atoms with Gasteiger partial charge in [-0.2, -0.15) is 0 Å². The first-order valence-corrected chi connectivity index (χ1v) is 7.76. The van der Waals surface area contributed by atoms with E-state index < -0.39 is 0 Å². The van der Waals surface area contributed by atoms with Crippen molar-refractivity contribution in [2.24, 2.45) is 10.9 Å². The highest BCUT2D eigenvalue weighted by Gasteiger charge is 2.24. The van der Waals surface area contributed by atoms with Crippen molar-refractivity contribution in [3.8, 4) is 0 Å². The highest BCUT2D eigenvalue weighted by Crippen LogP contribution is 2.25. The Morgan fingerprint density at radius 3 is 2.43 bits per heavy atom. The Morgan fingerprint density at radius 2 is 1.90 bits per heavy atom. The Labute approximate surface area is 128 Å². The highest BCUT2D eigenvalue weighted by atomic mass is 16.5. The fraction of sp³-hybridized carbons (Fsp3) is 0.867. The van der Waals surface area contributed by atoms with Crippen molar-refractivity contribution in [3.63, 3.8) is 0 Å².